The second kappa shape index (κ2) is 8.04. The maximum absolute atomic E-state index is 11.6. The summed E-state index contributed by atoms with van der Waals surface area (Å²) in [6.45, 7) is 1.09. The minimum absolute atomic E-state index is 0.0446. The van der Waals surface area contributed by atoms with Gasteiger partial charge in [-0.1, -0.05) is 0 Å². The summed E-state index contributed by atoms with van der Waals surface area (Å²) < 4.78 is 29.4. The minimum Gasteiger partial charge on any atom is -0.396 e. The van der Waals surface area contributed by atoms with Crippen LogP contribution in [0, 0.1) is 0 Å². The lowest BCUT2D eigenvalue weighted by molar-refractivity contribution is 0.189. The van der Waals surface area contributed by atoms with E-state index in [4.69, 9.17) is 9.84 Å². The van der Waals surface area contributed by atoms with Gasteiger partial charge in [-0.05, 0) is 19.3 Å². The molecule has 0 saturated carbocycles. The first kappa shape index (κ1) is 14.8. The normalized spacial score (nSPS) is 12.3. The molecule has 0 radical (unpaired) electrons. The smallest absolute Gasteiger partial charge is 0.213 e. The van der Waals surface area contributed by atoms with Crippen molar-refractivity contribution in [3.8, 4) is 0 Å². The Labute approximate surface area is 92.1 Å². The van der Waals surface area contributed by atoms with E-state index >= 15 is 0 Å². The minimum atomic E-state index is -3.15. The van der Waals surface area contributed by atoms with E-state index in [0.717, 1.165) is 0 Å². The zero-order chi connectivity index (χ0) is 11.7. The maximum Gasteiger partial charge on any atom is 0.213 e. The molecule has 0 amide bonds. The fraction of sp³-hybridized carbons (Fsp3) is 1.00. The van der Waals surface area contributed by atoms with Crippen molar-refractivity contribution in [1.29, 1.82) is 0 Å². The fourth-order valence-corrected chi connectivity index (χ4v) is 2.41. The van der Waals surface area contributed by atoms with Gasteiger partial charge in [0.05, 0.1) is 5.75 Å². The van der Waals surface area contributed by atoms with Gasteiger partial charge in [-0.2, -0.15) is 0 Å². The van der Waals surface area contributed by atoms with E-state index in [0.29, 0.717) is 32.4 Å². The van der Waals surface area contributed by atoms with Crippen LogP contribution in [0.5, 0.6) is 0 Å². The summed E-state index contributed by atoms with van der Waals surface area (Å²) in [4.78, 5) is 0. The Hall–Kier alpha value is -0.170. The summed E-state index contributed by atoms with van der Waals surface area (Å²) in [6, 6.07) is 0. The monoisotopic (exact) mass is 239 g/mol. The molecule has 0 bridgehead atoms. The molecule has 0 aliphatic rings. The molecule has 0 aliphatic carbocycles. The molecule has 5 nitrogen and oxygen atoms in total. The van der Waals surface area contributed by atoms with Crippen molar-refractivity contribution in [1.82, 2.24) is 4.31 Å². The summed E-state index contributed by atoms with van der Waals surface area (Å²) in [5, 5.41) is 8.55. The highest BCUT2D eigenvalue weighted by Gasteiger charge is 2.16. The van der Waals surface area contributed by atoms with Crippen molar-refractivity contribution >= 4 is 10.0 Å². The number of nitrogens with zero attached hydrogens (tertiary/aromatic N) is 1. The van der Waals surface area contributed by atoms with Gasteiger partial charge in [-0.25, -0.2) is 12.7 Å². The van der Waals surface area contributed by atoms with E-state index in [-0.39, 0.29) is 12.4 Å². The quantitative estimate of drug-likeness (QED) is 0.578. The zero-order valence-electron chi connectivity index (χ0n) is 9.48. The number of ether oxygens (including phenoxy) is 1. The van der Waals surface area contributed by atoms with Crippen LogP contribution in [0.25, 0.3) is 0 Å². The molecule has 0 rings (SSSR count). The van der Waals surface area contributed by atoms with Crippen LogP contribution in [-0.4, -0.2) is 57.5 Å². The van der Waals surface area contributed by atoms with E-state index in [1.54, 1.807) is 14.2 Å². The third-order valence-corrected chi connectivity index (χ3v) is 4.04. The Balaban J connectivity index is 3.86. The average molecular weight is 239 g/mol. The highest BCUT2D eigenvalue weighted by molar-refractivity contribution is 7.89. The van der Waals surface area contributed by atoms with E-state index in [1.165, 1.54) is 4.31 Å². The van der Waals surface area contributed by atoms with E-state index in [2.05, 4.69) is 0 Å². The van der Waals surface area contributed by atoms with Gasteiger partial charge in [0.1, 0.15) is 0 Å². The van der Waals surface area contributed by atoms with Crippen LogP contribution in [0.3, 0.4) is 0 Å². The highest BCUT2D eigenvalue weighted by Crippen LogP contribution is 2.03. The molecule has 0 aromatic rings. The molecule has 0 fully saturated rings. The predicted octanol–water partition coefficient (Wildman–Crippen LogP) is 0.0570. The molecule has 0 aromatic heterocycles. The van der Waals surface area contributed by atoms with Gasteiger partial charge in [0.25, 0.3) is 0 Å². The Morgan fingerprint density at radius 2 is 1.93 bits per heavy atom. The largest absolute Gasteiger partial charge is 0.396 e. The molecule has 6 heteroatoms. The number of hydrogen-bond acceptors (Lipinski definition) is 4. The first-order chi connectivity index (χ1) is 7.04. The first-order valence-corrected chi connectivity index (χ1v) is 6.69. The number of aliphatic hydroxyl groups is 1. The van der Waals surface area contributed by atoms with Gasteiger partial charge in [-0.3, -0.25) is 0 Å². The van der Waals surface area contributed by atoms with E-state index in [1.807, 2.05) is 0 Å². The van der Waals surface area contributed by atoms with Crippen LogP contribution in [0.1, 0.15) is 19.3 Å². The second-order valence-corrected chi connectivity index (χ2v) is 5.61. The van der Waals surface area contributed by atoms with Crippen molar-refractivity contribution in [2.75, 3.05) is 39.7 Å². The van der Waals surface area contributed by atoms with Crippen LogP contribution in [-0.2, 0) is 14.8 Å². The molecule has 0 atom stereocenters. The SMILES string of the molecule is COCCCN(C)S(=O)(=O)CCCCO. The number of rotatable bonds is 9. The van der Waals surface area contributed by atoms with Gasteiger partial charge in [-0.15, -0.1) is 0 Å². The lowest BCUT2D eigenvalue weighted by Crippen LogP contribution is -2.30. The fourth-order valence-electron chi connectivity index (χ4n) is 1.12. The predicted molar refractivity (Wildman–Crippen MR) is 59.2 cm³/mol. The van der Waals surface area contributed by atoms with Crippen LogP contribution in [0.15, 0.2) is 0 Å². The van der Waals surface area contributed by atoms with Crippen LogP contribution >= 0.6 is 0 Å². The lowest BCUT2D eigenvalue weighted by Gasteiger charge is -2.16. The molecule has 0 saturated heterocycles. The lowest BCUT2D eigenvalue weighted by atomic mass is 10.4. The Morgan fingerprint density at radius 3 is 2.47 bits per heavy atom. The first-order valence-electron chi connectivity index (χ1n) is 5.08. The molecular weight excluding hydrogens is 218 g/mol. The molecule has 0 heterocycles. The Morgan fingerprint density at radius 1 is 1.27 bits per heavy atom. The average Bonchev–Trinajstić information content (AvgIpc) is 2.18. The molecular formula is C9H21NO4S. The van der Waals surface area contributed by atoms with Crippen molar-refractivity contribution in [3.63, 3.8) is 0 Å². The van der Waals surface area contributed by atoms with Crippen molar-refractivity contribution in [2.24, 2.45) is 0 Å². The van der Waals surface area contributed by atoms with Crippen LogP contribution in [0.2, 0.25) is 0 Å². The summed E-state index contributed by atoms with van der Waals surface area (Å²) in [5.41, 5.74) is 0. The molecule has 15 heavy (non-hydrogen) atoms. The van der Waals surface area contributed by atoms with Gasteiger partial charge >= 0.3 is 0 Å². The molecule has 0 unspecified atom stereocenters. The summed E-state index contributed by atoms with van der Waals surface area (Å²) >= 11 is 0. The number of aliphatic hydroxyl groups excluding tert-OH is 1. The zero-order valence-corrected chi connectivity index (χ0v) is 10.3. The Kier molecular flexibility index (Phi) is 7.95. The third kappa shape index (κ3) is 6.83. The Bertz CT molecular complexity index is 240. The van der Waals surface area contributed by atoms with Gasteiger partial charge in [0.15, 0.2) is 0 Å². The number of methoxy groups -OCH3 is 1. The van der Waals surface area contributed by atoms with Crippen molar-refractivity contribution in [3.05, 3.63) is 0 Å². The van der Waals surface area contributed by atoms with Crippen LogP contribution in [0.4, 0.5) is 0 Å². The number of sulfonamides is 1. The summed E-state index contributed by atoms with van der Waals surface area (Å²) in [7, 11) is 0.0200. The van der Waals surface area contributed by atoms with E-state index in [9.17, 15) is 8.42 Å². The number of hydrogen-bond donors (Lipinski definition) is 1. The van der Waals surface area contributed by atoms with Gasteiger partial charge < -0.3 is 9.84 Å². The number of unbranched alkanes of at least 4 members (excludes halogenated alkanes) is 1. The topological polar surface area (TPSA) is 66.8 Å². The molecule has 0 aromatic carbocycles. The maximum atomic E-state index is 11.6. The standard InChI is InChI=1S/C9H21NO4S/c1-10(6-5-8-14-2)15(12,13)9-4-3-7-11/h11H,3-9H2,1-2H3. The van der Waals surface area contributed by atoms with Gasteiger partial charge in [0, 0.05) is 33.9 Å². The molecule has 92 valence electrons. The second-order valence-electron chi connectivity index (χ2n) is 3.41. The summed E-state index contributed by atoms with van der Waals surface area (Å²) in [5.74, 6) is 0.108. The third-order valence-electron chi connectivity index (χ3n) is 2.11. The van der Waals surface area contributed by atoms with Crippen molar-refractivity contribution < 1.29 is 18.3 Å². The van der Waals surface area contributed by atoms with Gasteiger partial charge in [0.2, 0.25) is 10.0 Å². The van der Waals surface area contributed by atoms with Crippen molar-refractivity contribution in [2.45, 2.75) is 19.3 Å². The van der Waals surface area contributed by atoms with E-state index < -0.39 is 10.0 Å². The molecule has 1 N–H and O–H groups in total. The van der Waals surface area contributed by atoms with Crippen LogP contribution < -0.4 is 0 Å². The highest BCUT2D eigenvalue weighted by atomic mass is 32.2. The summed E-state index contributed by atoms with van der Waals surface area (Å²) in [6.07, 6.45) is 1.74. The molecule has 0 spiro atoms. The molecule has 0 aliphatic heterocycles.